The second kappa shape index (κ2) is 6.76. The number of methoxy groups -OCH3 is 1. The standard InChI is InChI=1S/C17H28N2OS/c1-13-5-4-9-17(10-8-13,18-11-12-20-2)16-19-14-6-3-7-15(14)21-16/h13,18H,3-12H2,1-2H3. The molecule has 0 saturated heterocycles. The van der Waals surface area contributed by atoms with Crippen LogP contribution in [0.25, 0.3) is 0 Å². The van der Waals surface area contributed by atoms with E-state index in [4.69, 9.17) is 9.72 Å². The van der Waals surface area contributed by atoms with Crippen molar-refractivity contribution >= 4 is 11.3 Å². The van der Waals surface area contributed by atoms with Gasteiger partial charge in [0.2, 0.25) is 0 Å². The molecule has 0 bridgehead atoms. The maximum absolute atomic E-state index is 5.25. The Hall–Kier alpha value is -0.450. The van der Waals surface area contributed by atoms with Gasteiger partial charge in [0, 0.05) is 18.5 Å². The Morgan fingerprint density at radius 2 is 2.19 bits per heavy atom. The number of rotatable bonds is 5. The Balaban J connectivity index is 1.83. The van der Waals surface area contributed by atoms with E-state index >= 15 is 0 Å². The molecule has 2 unspecified atom stereocenters. The first-order valence-electron chi connectivity index (χ1n) is 8.46. The lowest BCUT2D eigenvalue weighted by Gasteiger charge is -2.32. The van der Waals surface area contributed by atoms with Crippen LogP contribution >= 0.6 is 11.3 Å². The van der Waals surface area contributed by atoms with Crippen LogP contribution in [0.2, 0.25) is 0 Å². The second-order valence-corrected chi connectivity index (χ2v) is 7.86. The zero-order valence-corrected chi connectivity index (χ0v) is 14.2. The Bertz CT molecular complexity index is 452. The summed E-state index contributed by atoms with van der Waals surface area (Å²) in [6, 6.07) is 0. The fourth-order valence-corrected chi connectivity index (χ4v) is 5.14. The predicted octanol–water partition coefficient (Wildman–Crippen LogP) is 3.66. The van der Waals surface area contributed by atoms with Crippen molar-refractivity contribution < 1.29 is 4.74 Å². The zero-order valence-electron chi connectivity index (χ0n) is 13.4. The summed E-state index contributed by atoms with van der Waals surface area (Å²) in [5.74, 6) is 0.850. The molecular formula is C17H28N2OS. The molecule has 3 nitrogen and oxygen atoms in total. The lowest BCUT2D eigenvalue weighted by atomic mass is 9.90. The lowest BCUT2D eigenvalue weighted by molar-refractivity contribution is 0.177. The monoisotopic (exact) mass is 308 g/mol. The number of ether oxygens (including phenoxy) is 1. The van der Waals surface area contributed by atoms with Gasteiger partial charge in [-0.25, -0.2) is 4.98 Å². The van der Waals surface area contributed by atoms with E-state index in [-0.39, 0.29) is 5.54 Å². The number of nitrogens with one attached hydrogen (secondary N) is 1. The van der Waals surface area contributed by atoms with Crippen LogP contribution in [-0.2, 0) is 23.1 Å². The van der Waals surface area contributed by atoms with Crippen LogP contribution < -0.4 is 5.32 Å². The summed E-state index contributed by atoms with van der Waals surface area (Å²) in [7, 11) is 1.78. The highest BCUT2D eigenvalue weighted by Gasteiger charge is 2.37. The van der Waals surface area contributed by atoms with Gasteiger partial charge in [-0.05, 0) is 44.4 Å². The molecule has 0 amide bonds. The van der Waals surface area contributed by atoms with Crippen LogP contribution in [0.4, 0.5) is 0 Å². The molecule has 2 atom stereocenters. The number of aryl methyl sites for hydroxylation is 2. The minimum atomic E-state index is 0.109. The van der Waals surface area contributed by atoms with Crippen LogP contribution in [0.5, 0.6) is 0 Å². The summed E-state index contributed by atoms with van der Waals surface area (Å²) in [6.07, 6.45) is 10.2. The minimum absolute atomic E-state index is 0.109. The average molecular weight is 308 g/mol. The smallest absolute Gasteiger partial charge is 0.113 e. The number of hydrogen-bond acceptors (Lipinski definition) is 4. The molecule has 0 aromatic carbocycles. The van der Waals surface area contributed by atoms with Gasteiger partial charge in [0.05, 0.1) is 17.8 Å². The molecule has 0 radical (unpaired) electrons. The van der Waals surface area contributed by atoms with E-state index in [1.54, 1.807) is 12.0 Å². The molecule has 2 aliphatic carbocycles. The second-order valence-electron chi connectivity index (χ2n) is 6.78. The number of hydrogen-bond donors (Lipinski definition) is 1. The summed E-state index contributed by atoms with van der Waals surface area (Å²) < 4.78 is 5.25. The Labute approximate surface area is 132 Å². The third-order valence-corrected chi connectivity index (χ3v) is 6.50. The van der Waals surface area contributed by atoms with Crippen LogP contribution in [0.15, 0.2) is 0 Å². The molecule has 1 saturated carbocycles. The van der Waals surface area contributed by atoms with Crippen molar-refractivity contribution in [2.24, 2.45) is 5.92 Å². The van der Waals surface area contributed by atoms with E-state index in [0.29, 0.717) is 0 Å². The van der Waals surface area contributed by atoms with Crippen molar-refractivity contribution in [1.29, 1.82) is 0 Å². The minimum Gasteiger partial charge on any atom is -0.383 e. The van der Waals surface area contributed by atoms with Gasteiger partial charge < -0.3 is 10.1 Å². The maximum Gasteiger partial charge on any atom is 0.113 e. The largest absolute Gasteiger partial charge is 0.383 e. The molecule has 1 N–H and O–H groups in total. The highest BCUT2D eigenvalue weighted by Crippen LogP contribution is 2.41. The highest BCUT2D eigenvalue weighted by atomic mass is 32.1. The van der Waals surface area contributed by atoms with E-state index in [9.17, 15) is 0 Å². The Morgan fingerprint density at radius 1 is 1.29 bits per heavy atom. The molecule has 21 heavy (non-hydrogen) atoms. The third-order valence-electron chi connectivity index (χ3n) is 5.14. The molecule has 1 fully saturated rings. The van der Waals surface area contributed by atoms with Crippen LogP contribution in [0.1, 0.15) is 61.0 Å². The fourth-order valence-electron chi connectivity index (χ4n) is 3.77. The summed E-state index contributed by atoms with van der Waals surface area (Å²) in [5.41, 5.74) is 1.50. The van der Waals surface area contributed by atoms with Crippen molar-refractivity contribution in [1.82, 2.24) is 10.3 Å². The van der Waals surface area contributed by atoms with Gasteiger partial charge in [-0.2, -0.15) is 0 Å². The van der Waals surface area contributed by atoms with Crippen molar-refractivity contribution in [3.05, 3.63) is 15.6 Å². The molecule has 1 aromatic heterocycles. The van der Waals surface area contributed by atoms with E-state index in [1.165, 1.54) is 62.1 Å². The predicted molar refractivity (Wildman–Crippen MR) is 87.9 cm³/mol. The molecule has 0 spiro atoms. The van der Waals surface area contributed by atoms with Crippen molar-refractivity contribution in [2.75, 3.05) is 20.3 Å². The van der Waals surface area contributed by atoms with Crippen LogP contribution in [0.3, 0.4) is 0 Å². The molecular weight excluding hydrogens is 280 g/mol. The quantitative estimate of drug-likeness (QED) is 0.666. The first kappa shape index (κ1) is 15.4. The van der Waals surface area contributed by atoms with Crippen molar-refractivity contribution in [3.63, 3.8) is 0 Å². The van der Waals surface area contributed by atoms with E-state index in [2.05, 4.69) is 12.2 Å². The van der Waals surface area contributed by atoms with Gasteiger partial charge in [0.25, 0.3) is 0 Å². The molecule has 3 rings (SSSR count). The van der Waals surface area contributed by atoms with Gasteiger partial charge in [0.15, 0.2) is 0 Å². The summed E-state index contributed by atoms with van der Waals surface area (Å²) in [5, 5.41) is 5.18. The summed E-state index contributed by atoms with van der Waals surface area (Å²) in [6.45, 7) is 4.10. The van der Waals surface area contributed by atoms with Crippen molar-refractivity contribution in [2.45, 2.75) is 63.8 Å². The highest BCUT2D eigenvalue weighted by molar-refractivity contribution is 7.12. The van der Waals surface area contributed by atoms with Gasteiger partial charge in [-0.15, -0.1) is 11.3 Å². The first-order chi connectivity index (χ1) is 10.2. The fraction of sp³-hybridized carbons (Fsp3) is 0.824. The number of nitrogens with zero attached hydrogens (tertiary/aromatic N) is 1. The lowest BCUT2D eigenvalue weighted by Crippen LogP contribution is -2.43. The van der Waals surface area contributed by atoms with Gasteiger partial charge >= 0.3 is 0 Å². The van der Waals surface area contributed by atoms with Crippen LogP contribution in [-0.4, -0.2) is 25.2 Å². The molecule has 4 heteroatoms. The van der Waals surface area contributed by atoms with E-state index in [0.717, 1.165) is 19.1 Å². The zero-order chi connectivity index (χ0) is 14.7. The molecule has 1 aromatic rings. The number of fused-ring (bicyclic) bond motifs is 1. The van der Waals surface area contributed by atoms with E-state index < -0.39 is 0 Å². The average Bonchev–Trinajstić information content (AvgIpc) is 3.01. The molecule has 0 aliphatic heterocycles. The Morgan fingerprint density at radius 3 is 3.00 bits per heavy atom. The maximum atomic E-state index is 5.25. The molecule has 1 heterocycles. The topological polar surface area (TPSA) is 34.1 Å². The van der Waals surface area contributed by atoms with E-state index in [1.807, 2.05) is 11.3 Å². The first-order valence-corrected chi connectivity index (χ1v) is 9.28. The molecule has 118 valence electrons. The van der Waals surface area contributed by atoms with Gasteiger partial charge in [-0.3, -0.25) is 0 Å². The normalized spacial score (nSPS) is 29.3. The summed E-state index contributed by atoms with van der Waals surface area (Å²) in [4.78, 5) is 6.60. The summed E-state index contributed by atoms with van der Waals surface area (Å²) >= 11 is 1.98. The SMILES string of the molecule is COCCNC1(c2nc3c(s2)CCC3)CCCC(C)CC1. The number of thiazole rings is 1. The van der Waals surface area contributed by atoms with Gasteiger partial charge in [-0.1, -0.05) is 19.8 Å². The Kier molecular flexibility index (Phi) is 4.97. The molecule has 2 aliphatic rings. The van der Waals surface area contributed by atoms with Crippen molar-refractivity contribution in [3.8, 4) is 0 Å². The van der Waals surface area contributed by atoms with Gasteiger partial charge in [0.1, 0.15) is 5.01 Å². The third kappa shape index (κ3) is 3.33. The van der Waals surface area contributed by atoms with Crippen LogP contribution in [0, 0.1) is 5.92 Å². The number of aromatic nitrogens is 1.